The summed E-state index contributed by atoms with van der Waals surface area (Å²) in [6.45, 7) is 1.42. The molecule has 2 bridgehead atoms. The van der Waals surface area contributed by atoms with Crippen LogP contribution in [-0.2, 0) is 9.53 Å². The number of rotatable bonds is 0. The third kappa shape index (κ3) is 0.553. The summed E-state index contributed by atoms with van der Waals surface area (Å²) in [6, 6.07) is 0. The molecule has 0 N–H and O–H groups in total. The molecule has 2 nitrogen and oxygen atoms in total. The first-order valence-electron chi connectivity index (χ1n) is 4.78. The molecule has 0 aromatic heterocycles. The van der Waals surface area contributed by atoms with Crippen molar-refractivity contribution in [2.45, 2.75) is 30.8 Å². The summed E-state index contributed by atoms with van der Waals surface area (Å²) in [6.07, 6.45) is 2.69. The lowest BCUT2D eigenvalue weighted by molar-refractivity contribution is -0.151. The third-order valence-electron chi connectivity index (χ3n) is 3.86. The Morgan fingerprint density at radius 3 is 2.71 bits per heavy atom. The van der Waals surface area contributed by atoms with E-state index < -0.39 is 35.2 Å². The van der Waals surface area contributed by atoms with Crippen molar-refractivity contribution in [1.29, 1.82) is 0 Å². The van der Waals surface area contributed by atoms with E-state index in [0.717, 1.165) is 0 Å². The minimum atomic E-state index is -2.42. The van der Waals surface area contributed by atoms with Gasteiger partial charge >= 0.3 is 5.97 Å². The fourth-order valence-corrected chi connectivity index (χ4v) is 3.10. The number of fused-ring (bicyclic) bond motifs is 5. The van der Waals surface area contributed by atoms with Gasteiger partial charge in [0.15, 0.2) is 5.67 Å². The Morgan fingerprint density at radius 1 is 1.43 bits per heavy atom. The van der Waals surface area contributed by atoms with Gasteiger partial charge in [0, 0.05) is 11.8 Å². The van der Waals surface area contributed by atoms with Gasteiger partial charge in [-0.15, -0.1) is 0 Å². The van der Waals surface area contributed by atoms with E-state index in [1.165, 1.54) is 6.92 Å². The van der Waals surface area contributed by atoms with E-state index in [0.29, 0.717) is 6.42 Å². The van der Waals surface area contributed by atoms with Crippen molar-refractivity contribution >= 4 is 5.97 Å². The monoisotopic (exact) mass is 200 g/mol. The van der Waals surface area contributed by atoms with Crippen LogP contribution in [0.2, 0.25) is 0 Å². The highest BCUT2D eigenvalue weighted by atomic mass is 19.2. The molecule has 0 amide bonds. The number of hydrogen-bond acceptors (Lipinski definition) is 2. The van der Waals surface area contributed by atoms with E-state index >= 15 is 0 Å². The number of esters is 1. The van der Waals surface area contributed by atoms with Crippen LogP contribution in [0.1, 0.15) is 13.3 Å². The topological polar surface area (TPSA) is 26.3 Å². The highest BCUT2D eigenvalue weighted by Gasteiger charge is 2.79. The average Bonchev–Trinajstić information content (AvgIpc) is 2.73. The lowest BCUT2D eigenvalue weighted by Gasteiger charge is -2.31. The number of cyclic esters (lactones) is 1. The lowest BCUT2D eigenvalue weighted by atomic mass is 9.77. The molecule has 0 spiro atoms. The number of alkyl halides is 2. The molecular weight excluding hydrogens is 190 g/mol. The second kappa shape index (κ2) is 2.02. The number of carbonyl (C=O) groups excluding carboxylic acids is 1. The molecule has 0 radical (unpaired) electrons. The minimum Gasteiger partial charge on any atom is -0.457 e. The summed E-state index contributed by atoms with van der Waals surface area (Å²) < 4.78 is 33.5. The van der Waals surface area contributed by atoms with Crippen molar-refractivity contribution in [3.63, 3.8) is 0 Å². The molecule has 14 heavy (non-hydrogen) atoms. The third-order valence-corrected chi connectivity index (χ3v) is 3.86. The maximum Gasteiger partial charge on any atom is 0.348 e. The molecule has 3 aliphatic rings. The Bertz CT molecular complexity index is 354. The summed E-state index contributed by atoms with van der Waals surface area (Å²) in [7, 11) is 0. The normalized spacial score (nSPS) is 59.1. The zero-order valence-electron chi connectivity index (χ0n) is 7.67. The van der Waals surface area contributed by atoms with Gasteiger partial charge in [-0.2, -0.15) is 0 Å². The molecule has 4 heteroatoms. The first-order valence-corrected chi connectivity index (χ1v) is 4.78. The molecule has 0 aromatic carbocycles. The standard InChI is InChI=1S/C10H10F2O2/c1-5-9(11)6-2-3-7(4-6)10(9,12)8(13)14-5/h2-3,5-7H,4H2,1H3. The lowest BCUT2D eigenvalue weighted by Crippen LogP contribution is -2.53. The molecular formula is C10H10F2O2. The molecule has 2 aliphatic carbocycles. The SMILES string of the molecule is CC1OC(=O)C2(F)C3C=CC(C3)C12F. The van der Waals surface area contributed by atoms with Crippen LogP contribution < -0.4 is 0 Å². The van der Waals surface area contributed by atoms with Gasteiger partial charge in [0.05, 0.1) is 0 Å². The van der Waals surface area contributed by atoms with E-state index in [-0.39, 0.29) is 0 Å². The van der Waals surface area contributed by atoms with Crippen molar-refractivity contribution in [2.75, 3.05) is 0 Å². The first kappa shape index (κ1) is 8.38. The van der Waals surface area contributed by atoms with Crippen LogP contribution in [0.4, 0.5) is 8.78 Å². The van der Waals surface area contributed by atoms with Crippen molar-refractivity contribution in [1.82, 2.24) is 0 Å². The minimum absolute atomic E-state index is 0.395. The molecule has 1 saturated heterocycles. The fourth-order valence-electron chi connectivity index (χ4n) is 3.10. The molecule has 0 aromatic rings. The number of carbonyl (C=O) groups is 1. The summed E-state index contributed by atoms with van der Waals surface area (Å²) >= 11 is 0. The number of hydrogen-bond donors (Lipinski definition) is 0. The quantitative estimate of drug-likeness (QED) is 0.438. The maximum absolute atomic E-state index is 14.4. The Morgan fingerprint density at radius 2 is 2.07 bits per heavy atom. The summed E-state index contributed by atoms with van der Waals surface area (Å²) in [4.78, 5) is 11.3. The smallest absolute Gasteiger partial charge is 0.348 e. The highest BCUT2D eigenvalue weighted by molar-refractivity contribution is 5.86. The van der Waals surface area contributed by atoms with E-state index in [4.69, 9.17) is 0 Å². The van der Waals surface area contributed by atoms with E-state index in [9.17, 15) is 13.6 Å². The van der Waals surface area contributed by atoms with Crippen LogP contribution in [0.15, 0.2) is 12.2 Å². The van der Waals surface area contributed by atoms with Gasteiger partial charge in [0.25, 0.3) is 5.67 Å². The number of ether oxygens (including phenoxy) is 1. The van der Waals surface area contributed by atoms with Gasteiger partial charge in [-0.1, -0.05) is 12.2 Å². The van der Waals surface area contributed by atoms with Gasteiger partial charge < -0.3 is 4.74 Å². The van der Waals surface area contributed by atoms with Crippen molar-refractivity contribution in [3.8, 4) is 0 Å². The molecule has 5 unspecified atom stereocenters. The molecule has 5 atom stereocenters. The van der Waals surface area contributed by atoms with E-state index in [1.807, 2.05) is 0 Å². The molecule has 1 heterocycles. The summed E-state index contributed by atoms with van der Waals surface area (Å²) in [5.41, 5.74) is -4.56. The van der Waals surface area contributed by atoms with Crippen LogP contribution in [0.5, 0.6) is 0 Å². The van der Waals surface area contributed by atoms with Crippen LogP contribution in [-0.4, -0.2) is 23.4 Å². The Kier molecular flexibility index (Phi) is 1.21. The van der Waals surface area contributed by atoms with E-state index in [1.54, 1.807) is 12.2 Å². The zero-order chi connectivity index (χ0) is 10.1. The highest BCUT2D eigenvalue weighted by Crippen LogP contribution is 2.62. The van der Waals surface area contributed by atoms with Gasteiger partial charge in [-0.3, -0.25) is 0 Å². The van der Waals surface area contributed by atoms with E-state index in [2.05, 4.69) is 4.74 Å². The van der Waals surface area contributed by atoms with Crippen molar-refractivity contribution in [3.05, 3.63) is 12.2 Å². The molecule has 1 saturated carbocycles. The average molecular weight is 200 g/mol. The number of halogens is 2. The van der Waals surface area contributed by atoms with Crippen LogP contribution >= 0.6 is 0 Å². The van der Waals surface area contributed by atoms with Gasteiger partial charge in [-0.05, 0) is 13.3 Å². The summed E-state index contributed by atoms with van der Waals surface area (Å²) in [5.74, 6) is -2.15. The van der Waals surface area contributed by atoms with Gasteiger partial charge in [-0.25, -0.2) is 13.6 Å². The van der Waals surface area contributed by atoms with Gasteiger partial charge in [0.1, 0.15) is 6.10 Å². The molecule has 3 rings (SSSR count). The second-order valence-corrected chi connectivity index (χ2v) is 4.36. The number of allylic oxidation sites excluding steroid dienone is 2. The molecule has 1 aliphatic heterocycles. The van der Waals surface area contributed by atoms with Crippen LogP contribution in [0.25, 0.3) is 0 Å². The Labute approximate surface area is 79.9 Å². The Hall–Kier alpha value is -0.930. The first-order chi connectivity index (χ1) is 6.51. The van der Waals surface area contributed by atoms with Crippen molar-refractivity contribution in [2.24, 2.45) is 11.8 Å². The van der Waals surface area contributed by atoms with Crippen LogP contribution in [0, 0.1) is 11.8 Å². The Balaban J connectivity index is 2.21. The van der Waals surface area contributed by atoms with Gasteiger partial charge in [0.2, 0.25) is 0 Å². The molecule has 76 valence electrons. The predicted octanol–water partition coefficient (Wildman–Crippen LogP) is 1.55. The summed E-state index contributed by atoms with van der Waals surface area (Å²) in [5, 5.41) is 0. The largest absolute Gasteiger partial charge is 0.457 e. The van der Waals surface area contributed by atoms with Crippen molar-refractivity contribution < 1.29 is 18.3 Å². The predicted molar refractivity (Wildman–Crippen MR) is 44.0 cm³/mol. The molecule has 2 fully saturated rings. The zero-order valence-corrected chi connectivity index (χ0v) is 7.67. The second-order valence-electron chi connectivity index (χ2n) is 4.36. The maximum atomic E-state index is 14.4. The fraction of sp³-hybridized carbons (Fsp3) is 0.700. The van der Waals surface area contributed by atoms with Crippen LogP contribution in [0.3, 0.4) is 0 Å².